The molecule has 0 saturated carbocycles. The van der Waals surface area contributed by atoms with E-state index < -0.39 is 0 Å². The minimum absolute atomic E-state index is 0.0792. The van der Waals surface area contributed by atoms with E-state index >= 15 is 0 Å². The molecular formula is C19H20BrN5O2. The molecule has 1 N–H and O–H groups in total. The number of amides is 1. The van der Waals surface area contributed by atoms with Gasteiger partial charge in [-0.05, 0) is 41.1 Å². The van der Waals surface area contributed by atoms with Crippen LogP contribution >= 0.6 is 15.9 Å². The summed E-state index contributed by atoms with van der Waals surface area (Å²) in [5, 5.41) is 7.67. The van der Waals surface area contributed by atoms with Crippen LogP contribution in [0.1, 0.15) is 5.76 Å². The number of nitrogens with zero attached hydrogens (tertiary/aromatic N) is 4. The number of carbonyl (C=O) groups is 1. The monoisotopic (exact) mass is 429 g/mol. The zero-order valence-corrected chi connectivity index (χ0v) is 16.6. The Morgan fingerprint density at radius 3 is 2.78 bits per heavy atom. The summed E-state index contributed by atoms with van der Waals surface area (Å²) in [7, 11) is 0. The Hall–Kier alpha value is -2.45. The lowest BCUT2D eigenvalue weighted by Gasteiger charge is -2.35. The molecular weight excluding hydrogens is 410 g/mol. The third-order valence-electron chi connectivity index (χ3n) is 4.62. The van der Waals surface area contributed by atoms with Crippen LogP contribution in [-0.2, 0) is 4.79 Å². The average molecular weight is 430 g/mol. The number of rotatable bonds is 4. The molecule has 1 aliphatic rings. The van der Waals surface area contributed by atoms with Gasteiger partial charge < -0.3 is 14.7 Å². The number of hydrogen-bond donors (Lipinski definition) is 1. The smallest absolute Gasteiger partial charge is 0.239 e. The van der Waals surface area contributed by atoms with Crippen LogP contribution in [0.5, 0.6) is 0 Å². The highest BCUT2D eigenvalue weighted by Gasteiger charge is 2.20. The summed E-state index contributed by atoms with van der Waals surface area (Å²) in [6.45, 7) is 5.41. The van der Waals surface area contributed by atoms with Gasteiger partial charge in [-0.3, -0.25) is 9.69 Å². The third kappa shape index (κ3) is 4.12. The van der Waals surface area contributed by atoms with Crippen LogP contribution in [-0.4, -0.2) is 53.7 Å². The number of fused-ring (bicyclic) bond motifs is 1. The highest BCUT2D eigenvalue weighted by Crippen LogP contribution is 2.25. The van der Waals surface area contributed by atoms with Crippen LogP contribution in [0.2, 0.25) is 0 Å². The Morgan fingerprint density at radius 2 is 2.04 bits per heavy atom. The lowest BCUT2D eigenvalue weighted by molar-refractivity contribution is -0.117. The number of para-hydroxylation sites is 1. The van der Waals surface area contributed by atoms with Crippen molar-refractivity contribution >= 4 is 44.4 Å². The van der Waals surface area contributed by atoms with E-state index in [-0.39, 0.29) is 5.91 Å². The average Bonchev–Trinajstić information content (AvgIpc) is 3.07. The highest BCUT2D eigenvalue weighted by atomic mass is 79.9. The highest BCUT2D eigenvalue weighted by molar-refractivity contribution is 9.10. The summed E-state index contributed by atoms with van der Waals surface area (Å²) < 4.78 is 5.96. The summed E-state index contributed by atoms with van der Waals surface area (Å²) >= 11 is 3.57. The molecule has 8 heteroatoms. The van der Waals surface area contributed by atoms with Crippen LogP contribution in [0.4, 0.5) is 11.6 Å². The quantitative estimate of drug-likeness (QED) is 0.686. The normalized spacial score (nSPS) is 15.3. The Kier molecular flexibility index (Phi) is 5.09. The number of aromatic nitrogens is 2. The van der Waals surface area contributed by atoms with E-state index in [0.29, 0.717) is 18.1 Å². The molecule has 0 radical (unpaired) electrons. The first-order valence-corrected chi connectivity index (χ1v) is 9.63. The predicted molar refractivity (Wildman–Crippen MR) is 108 cm³/mol. The maximum atomic E-state index is 12.2. The Balaban J connectivity index is 1.34. The second kappa shape index (κ2) is 7.66. The van der Waals surface area contributed by atoms with E-state index in [1.54, 1.807) is 13.0 Å². The third-order valence-corrected chi connectivity index (χ3v) is 5.26. The van der Waals surface area contributed by atoms with Crippen molar-refractivity contribution in [3.05, 3.63) is 46.6 Å². The van der Waals surface area contributed by atoms with Gasteiger partial charge in [0, 0.05) is 42.1 Å². The van der Waals surface area contributed by atoms with Gasteiger partial charge in [0.05, 0.1) is 12.1 Å². The van der Waals surface area contributed by atoms with E-state index in [4.69, 9.17) is 9.51 Å². The van der Waals surface area contributed by atoms with Crippen LogP contribution in [0, 0.1) is 6.92 Å². The fourth-order valence-corrected chi connectivity index (χ4v) is 3.69. The summed E-state index contributed by atoms with van der Waals surface area (Å²) in [5.41, 5.74) is 0.972. The summed E-state index contributed by atoms with van der Waals surface area (Å²) in [6, 6.07) is 11.9. The molecule has 140 valence electrons. The number of aryl methyl sites for hydroxylation is 1. The van der Waals surface area contributed by atoms with Crippen LogP contribution in [0.15, 0.2) is 45.4 Å². The van der Waals surface area contributed by atoms with E-state index in [2.05, 4.69) is 54.4 Å². The molecule has 4 rings (SSSR count). The first-order chi connectivity index (χ1) is 13.1. The number of piperazine rings is 1. The van der Waals surface area contributed by atoms with Crippen molar-refractivity contribution in [3.63, 3.8) is 0 Å². The molecule has 0 spiro atoms. The van der Waals surface area contributed by atoms with Crippen LogP contribution < -0.4 is 10.2 Å². The molecule has 27 heavy (non-hydrogen) atoms. The Labute approximate surface area is 165 Å². The van der Waals surface area contributed by atoms with Gasteiger partial charge in [0.2, 0.25) is 5.91 Å². The minimum Gasteiger partial charge on any atom is -0.360 e. The summed E-state index contributed by atoms with van der Waals surface area (Å²) in [5.74, 6) is 2.02. The zero-order chi connectivity index (χ0) is 18.8. The molecule has 0 aliphatic carbocycles. The molecule has 2 aromatic heterocycles. The van der Waals surface area contributed by atoms with Gasteiger partial charge >= 0.3 is 0 Å². The number of hydrogen-bond acceptors (Lipinski definition) is 6. The number of pyridine rings is 1. The minimum atomic E-state index is -0.0792. The van der Waals surface area contributed by atoms with Gasteiger partial charge in [-0.2, -0.15) is 0 Å². The first kappa shape index (κ1) is 17.9. The topological polar surface area (TPSA) is 74.5 Å². The number of benzene rings is 1. The molecule has 0 bridgehead atoms. The standard InChI is InChI=1S/C19H20BrN5O2/c1-13-11-16(23-27-13)21-18(26)12-24-7-9-25(10-8-24)17-6-5-14-3-2-4-15(20)19(14)22-17/h2-6,11H,7-10,12H2,1H3,(H,21,23,26). The van der Waals surface area contributed by atoms with E-state index in [0.717, 1.165) is 47.4 Å². The molecule has 1 saturated heterocycles. The van der Waals surface area contributed by atoms with Gasteiger partial charge in [-0.25, -0.2) is 4.98 Å². The molecule has 0 unspecified atom stereocenters. The molecule has 1 fully saturated rings. The number of halogens is 1. The van der Waals surface area contributed by atoms with Crippen molar-refractivity contribution in [1.82, 2.24) is 15.0 Å². The van der Waals surface area contributed by atoms with Crippen molar-refractivity contribution in [2.75, 3.05) is 42.9 Å². The van der Waals surface area contributed by atoms with Crippen molar-refractivity contribution in [1.29, 1.82) is 0 Å². The molecule has 3 heterocycles. The lowest BCUT2D eigenvalue weighted by atomic mass is 10.2. The number of carbonyl (C=O) groups excluding carboxylic acids is 1. The second-order valence-electron chi connectivity index (χ2n) is 6.62. The maximum Gasteiger partial charge on any atom is 0.239 e. The van der Waals surface area contributed by atoms with Crippen molar-refractivity contribution < 1.29 is 9.32 Å². The number of anilines is 2. The van der Waals surface area contributed by atoms with Gasteiger partial charge in [0.15, 0.2) is 5.82 Å². The molecule has 1 aromatic carbocycles. The van der Waals surface area contributed by atoms with Gasteiger partial charge in [0.25, 0.3) is 0 Å². The summed E-state index contributed by atoms with van der Waals surface area (Å²) in [6.07, 6.45) is 0. The fraction of sp³-hybridized carbons (Fsp3) is 0.316. The molecule has 1 aliphatic heterocycles. The number of nitrogens with one attached hydrogen (secondary N) is 1. The molecule has 7 nitrogen and oxygen atoms in total. The van der Waals surface area contributed by atoms with Crippen molar-refractivity contribution in [2.24, 2.45) is 0 Å². The van der Waals surface area contributed by atoms with E-state index in [1.165, 1.54) is 0 Å². The Morgan fingerprint density at radius 1 is 1.22 bits per heavy atom. The molecule has 1 amide bonds. The van der Waals surface area contributed by atoms with Gasteiger partial charge in [-0.1, -0.05) is 17.3 Å². The first-order valence-electron chi connectivity index (χ1n) is 8.84. The van der Waals surface area contributed by atoms with Gasteiger partial charge in [0.1, 0.15) is 11.6 Å². The van der Waals surface area contributed by atoms with E-state index in [1.807, 2.05) is 12.1 Å². The SMILES string of the molecule is Cc1cc(NC(=O)CN2CCN(c3ccc4cccc(Br)c4n3)CC2)no1. The van der Waals surface area contributed by atoms with Crippen molar-refractivity contribution in [2.45, 2.75) is 6.92 Å². The fourth-order valence-electron chi connectivity index (χ4n) is 3.22. The van der Waals surface area contributed by atoms with E-state index in [9.17, 15) is 4.79 Å². The molecule has 0 atom stereocenters. The zero-order valence-electron chi connectivity index (χ0n) is 15.0. The Bertz CT molecular complexity index is 966. The predicted octanol–water partition coefficient (Wildman–Crippen LogP) is 3.05. The second-order valence-corrected chi connectivity index (χ2v) is 7.47. The van der Waals surface area contributed by atoms with Crippen LogP contribution in [0.3, 0.4) is 0 Å². The lowest BCUT2D eigenvalue weighted by Crippen LogP contribution is -2.48. The largest absolute Gasteiger partial charge is 0.360 e. The van der Waals surface area contributed by atoms with Gasteiger partial charge in [-0.15, -0.1) is 0 Å². The molecule has 3 aromatic rings. The summed E-state index contributed by atoms with van der Waals surface area (Å²) in [4.78, 5) is 21.4. The maximum absolute atomic E-state index is 12.2. The van der Waals surface area contributed by atoms with Crippen LogP contribution in [0.25, 0.3) is 10.9 Å². The van der Waals surface area contributed by atoms with Crippen molar-refractivity contribution in [3.8, 4) is 0 Å².